The first-order valence-electron chi connectivity index (χ1n) is 4.30. The summed E-state index contributed by atoms with van der Waals surface area (Å²) in [4.78, 5) is 0. The Morgan fingerprint density at radius 3 is 2.50 bits per heavy atom. The molecule has 3 N–H and O–H groups in total. The number of anilines is 1. The van der Waals surface area contributed by atoms with Crippen molar-refractivity contribution in [1.82, 2.24) is 20.0 Å². The Kier molecular flexibility index (Phi) is 2.14. The second kappa shape index (κ2) is 3.26. The Balaban J connectivity index is 2.47. The van der Waals surface area contributed by atoms with E-state index in [1.807, 2.05) is 0 Å². The number of nitrogen functional groups attached to an aromatic ring is 1. The van der Waals surface area contributed by atoms with Crippen molar-refractivity contribution < 1.29 is 13.2 Å². The van der Waals surface area contributed by atoms with E-state index in [4.69, 9.17) is 5.73 Å². The van der Waals surface area contributed by atoms with Gasteiger partial charge in [0.05, 0.1) is 11.4 Å². The van der Waals surface area contributed by atoms with Crippen molar-refractivity contribution in [2.24, 2.45) is 7.05 Å². The Hall–Kier alpha value is -1.99. The smallest absolute Gasteiger partial charge is 0.382 e. The molecule has 0 spiro atoms. The third kappa shape index (κ3) is 1.73. The molecule has 0 bridgehead atoms. The molecule has 2 heterocycles. The highest BCUT2D eigenvalue weighted by molar-refractivity contribution is 5.58. The van der Waals surface area contributed by atoms with Crippen molar-refractivity contribution in [2.45, 2.75) is 6.18 Å². The number of H-pyrrole nitrogens is 1. The number of alkyl halides is 3. The minimum atomic E-state index is -4.46. The van der Waals surface area contributed by atoms with E-state index in [0.29, 0.717) is 5.69 Å². The normalized spacial score (nSPS) is 12.0. The zero-order valence-corrected chi connectivity index (χ0v) is 8.21. The Bertz CT molecular complexity index is 510. The van der Waals surface area contributed by atoms with Gasteiger partial charge in [-0.25, -0.2) is 0 Å². The maximum Gasteiger partial charge on any atom is 0.435 e. The van der Waals surface area contributed by atoms with Crippen LogP contribution in [0.25, 0.3) is 11.4 Å². The van der Waals surface area contributed by atoms with Crippen molar-refractivity contribution in [2.75, 3.05) is 5.73 Å². The van der Waals surface area contributed by atoms with Crippen LogP contribution in [0.15, 0.2) is 12.1 Å². The largest absolute Gasteiger partial charge is 0.435 e. The standard InChI is InChI=1S/C8H8F3N5/c1-16-5(4-2-7(12)14-13-4)3-6(15-16)8(9,10)11/h2-3H,1H3,(H3,12,13,14). The second-order valence-electron chi connectivity index (χ2n) is 3.24. The van der Waals surface area contributed by atoms with Crippen molar-refractivity contribution in [1.29, 1.82) is 0 Å². The molecule has 0 amide bonds. The average Bonchev–Trinajstić information content (AvgIpc) is 2.70. The SMILES string of the molecule is Cn1nc(C(F)(F)F)cc1-c1cc(N)n[nH]1. The molecule has 0 unspecified atom stereocenters. The number of hydrogen-bond donors (Lipinski definition) is 2. The lowest BCUT2D eigenvalue weighted by atomic mass is 10.3. The van der Waals surface area contributed by atoms with Gasteiger partial charge in [0.25, 0.3) is 0 Å². The number of nitrogens with zero attached hydrogens (tertiary/aromatic N) is 3. The Morgan fingerprint density at radius 1 is 1.38 bits per heavy atom. The number of aryl methyl sites for hydroxylation is 1. The van der Waals surface area contributed by atoms with Gasteiger partial charge in [-0.15, -0.1) is 0 Å². The van der Waals surface area contributed by atoms with Crippen LogP contribution >= 0.6 is 0 Å². The molecule has 0 aliphatic heterocycles. The minimum absolute atomic E-state index is 0.213. The van der Waals surface area contributed by atoms with E-state index in [0.717, 1.165) is 10.7 Å². The average molecular weight is 231 g/mol. The van der Waals surface area contributed by atoms with Gasteiger partial charge in [0.1, 0.15) is 5.82 Å². The van der Waals surface area contributed by atoms with Gasteiger partial charge in [0, 0.05) is 13.1 Å². The topological polar surface area (TPSA) is 72.5 Å². The van der Waals surface area contributed by atoms with Gasteiger partial charge in [-0.1, -0.05) is 0 Å². The first-order valence-corrected chi connectivity index (χ1v) is 4.30. The van der Waals surface area contributed by atoms with Crippen molar-refractivity contribution in [3.8, 4) is 11.4 Å². The summed E-state index contributed by atoms with van der Waals surface area (Å²) < 4.78 is 38.2. The van der Waals surface area contributed by atoms with E-state index in [9.17, 15) is 13.2 Å². The molecule has 2 aromatic rings. The number of aromatic nitrogens is 4. The maximum absolute atomic E-state index is 12.4. The lowest BCUT2D eigenvalue weighted by Gasteiger charge is -1.98. The van der Waals surface area contributed by atoms with E-state index in [2.05, 4.69) is 15.3 Å². The molecule has 0 fully saturated rings. The monoisotopic (exact) mass is 231 g/mol. The molecule has 0 saturated carbocycles. The molecule has 16 heavy (non-hydrogen) atoms. The number of halogens is 3. The molecule has 0 atom stereocenters. The van der Waals surface area contributed by atoms with Crippen LogP contribution in [0, 0.1) is 0 Å². The van der Waals surface area contributed by atoms with Crippen molar-refractivity contribution in [3.63, 3.8) is 0 Å². The summed E-state index contributed by atoms with van der Waals surface area (Å²) in [6, 6.07) is 2.38. The van der Waals surface area contributed by atoms with E-state index >= 15 is 0 Å². The molecule has 5 nitrogen and oxygen atoms in total. The lowest BCUT2D eigenvalue weighted by Crippen LogP contribution is -2.06. The molecule has 2 rings (SSSR count). The number of rotatable bonds is 1. The summed E-state index contributed by atoms with van der Waals surface area (Å²) in [6.45, 7) is 0. The number of hydrogen-bond acceptors (Lipinski definition) is 3. The van der Waals surface area contributed by atoms with Crippen LogP contribution in [0.1, 0.15) is 5.69 Å². The first-order chi connectivity index (χ1) is 7.38. The zero-order chi connectivity index (χ0) is 11.9. The summed E-state index contributed by atoms with van der Waals surface area (Å²) >= 11 is 0. The highest BCUT2D eigenvalue weighted by Gasteiger charge is 2.34. The number of nitrogens with one attached hydrogen (secondary N) is 1. The summed E-state index contributed by atoms with van der Waals surface area (Å²) in [6.07, 6.45) is -4.46. The lowest BCUT2D eigenvalue weighted by molar-refractivity contribution is -0.141. The van der Waals surface area contributed by atoms with Gasteiger partial charge in [-0.05, 0) is 6.07 Å². The first kappa shape index (κ1) is 10.5. The molecule has 86 valence electrons. The van der Waals surface area contributed by atoms with Crippen LogP contribution in [-0.2, 0) is 13.2 Å². The third-order valence-corrected chi connectivity index (χ3v) is 2.04. The van der Waals surface area contributed by atoms with Crippen LogP contribution < -0.4 is 5.73 Å². The van der Waals surface area contributed by atoms with E-state index < -0.39 is 11.9 Å². The van der Waals surface area contributed by atoms with Gasteiger partial charge in [0.15, 0.2) is 5.69 Å². The quantitative estimate of drug-likeness (QED) is 0.779. The summed E-state index contributed by atoms with van der Waals surface area (Å²) in [5.41, 5.74) is 5.08. The predicted molar refractivity (Wildman–Crippen MR) is 50.2 cm³/mol. The van der Waals surface area contributed by atoms with E-state index in [-0.39, 0.29) is 11.5 Å². The van der Waals surface area contributed by atoms with Crippen LogP contribution in [0.2, 0.25) is 0 Å². The fourth-order valence-electron chi connectivity index (χ4n) is 1.33. The maximum atomic E-state index is 12.4. The molecule has 2 aromatic heterocycles. The van der Waals surface area contributed by atoms with Crippen LogP contribution in [0.3, 0.4) is 0 Å². The predicted octanol–water partition coefficient (Wildman–Crippen LogP) is 1.41. The van der Waals surface area contributed by atoms with Gasteiger partial charge < -0.3 is 5.73 Å². The highest BCUT2D eigenvalue weighted by atomic mass is 19.4. The molecule has 0 radical (unpaired) electrons. The highest BCUT2D eigenvalue weighted by Crippen LogP contribution is 2.30. The molecule has 0 aliphatic rings. The van der Waals surface area contributed by atoms with Gasteiger partial charge in [0.2, 0.25) is 0 Å². The fraction of sp³-hybridized carbons (Fsp3) is 0.250. The minimum Gasteiger partial charge on any atom is -0.382 e. The molecular formula is C8H8F3N5. The number of aromatic amines is 1. The van der Waals surface area contributed by atoms with Crippen LogP contribution in [-0.4, -0.2) is 20.0 Å². The summed E-state index contributed by atoms with van der Waals surface area (Å²) in [5.74, 6) is 0.213. The number of nitrogens with two attached hydrogens (primary N) is 1. The summed E-state index contributed by atoms with van der Waals surface area (Å²) in [5, 5.41) is 9.53. The fourth-order valence-corrected chi connectivity index (χ4v) is 1.33. The Labute approximate surface area is 88.1 Å². The van der Waals surface area contributed by atoms with Gasteiger partial charge >= 0.3 is 6.18 Å². The Morgan fingerprint density at radius 2 is 2.06 bits per heavy atom. The third-order valence-electron chi connectivity index (χ3n) is 2.04. The van der Waals surface area contributed by atoms with Crippen LogP contribution in [0.4, 0.5) is 19.0 Å². The molecular weight excluding hydrogens is 223 g/mol. The molecule has 0 saturated heterocycles. The van der Waals surface area contributed by atoms with E-state index in [1.54, 1.807) is 0 Å². The van der Waals surface area contributed by atoms with Crippen molar-refractivity contribution >= 4 is 5.82 Å². The molecule has 0 aliphatic carbocycles. The van der Waals surface area contributed by atoms with Gasteiger partial charge in [-0.3, -0.25) is 9.78 Å². The zero-order valence-electron chi connectivity index (χ0n) is 8.21. The van der Waals surface area contributed by atoms with Crippen LogP contribution in [0.5, 0.6) is 0 Å². The van der Waals surface area contributed by atoms with Gasteiger partial charge in [-0.2, -0.15) is 23.4 Å². The molecule has 0 aromatic carbocycles. The summed E-state index contributed by atoms with van der Waals surface area (Å²) in [7, 11) is 1.42. The molecule has 8 heteroatoms. The second-order valence-corrected chi connectivity index (χ2v) is 3.24. The van der Waals surface area contributed by atoms with Crippen molar-refractivity contribution in [3.05, 3.63) is 17.8 Å². The van der Waals surface area contributed by atoms with E-state index in [1.165, 1.54) is 13.1 Å².